The van der Waals surface area contributed by atoms with Crippen LogP contribution in [0, 0.1) is 0 Å². The fourth-order valence-corrected chi connectivity index (χ4v) is 2.69. The minimum absolute atomic E-state index is 0.00549. The monoisotopic (exact) mass is 283 g/mol. The molecule has 1 aromatic heterocycles. The molecule has 74 valence electrons. The lowest BCUT2D eigenvalue weighted by molar-refractivity contribution is 0.412. The quantitative estimate of drug-likeness (QED) is 0.793. The first-order chi connectivity index (χ1) is 6.01. The third-order valence-corrected chi connectivity index (χ3v) is 4.86. The Bertz CT molecular complexity index is 300. The van der Waals surface area contributed by atoms with Crippen molar-refractivity contribution in [3.63, 3.8) is 0 Å². The Balaban J connectivity index is 3.07. The van der Waals surface area contributed by atoms with Gasteiger partial charge in [0.2, 0.25) is 0 Å². The molecule has 0 radical (unpaired) electrons. The van der Waals surface area contributed by atoms with E-state index in [1.165, 1.54) is 11.3 Å². The highest BCUT2D eigenvalue weighted by Crippen LogP contribution is 2.38. The number of rotatable bonds is 3. The highest BCUT2D eigenvalue weighted by atomic mass is 79.9. The van der Waals surface area contributed by atoms with Crippen LogP contribution in [0.4, 0.5) is 0 Å². The molecule has 5 heteroatoms. The Hall–Kier alpha value is 0.200. The maximum absolute atomic E-state index is 5.99. The summed E-state index contributed by atoms with van der Waals surface area (Å²) in [6.07, 6.45) is 0. The molecule has 1 rings (SSSR count). The minimum Gasteiger partial charge on any atom is -0.473 e. The Morgan fingerprint density at radius 2 is 2.23 bits per heavy atom. The van der Waals surface area contributed by atoms with E-state index in [1.807, 2.05) is 0 Å². The molecule has 0 saturated heterocycles. The zero-order valence-corrected chi connectivity index (χ0v) is 10.9. The van der Waals surface area contributed by atoms with Crippen molar-refractivity contribution in [2.24, 2.45) is 0 Å². The second-order valence-electron chi connectivity index (χ2n) is 3.32. The number of hydrogen-bond donors (Lipinski definition) is 0. The van der Waals surface area contributed by atoms with Crippen molar-refractivity contribution in [3.8, 4) is 5.19 Å². The summed E-state index contributed by atoms with van der Waals surface area (Å²) < 4.78 is 5.02. The molecule has 0 aliphatic carbocycles. The summed E-state index contributed by atoms with van der Waals surface area (Å²) in [5.41, 5.74) is 0.00549. The predicted molar refractivity (Wildman–Crippen MR) is 60.5 cm³/mol. The fourth-order valence-electron chi connectivity index (χ4n) is 0.849. The first-order valence-electron chi connectivity index (χ1n) is 3.78. The van der Waals surface area contributed by atoms with Crippen molar-refractivity contribution in [3.05, 3.63) is 10.0 Å². The van der Waals surface area contributed by atoms with Crippen molar-refractivity contribution in [2.75, 3.05) is 12.4 Å². The summed E-state index contributed by atoms with van der Waals surface area (Å²) in [5, 5.41) is 2.02. The summed E-state index contributed by atoms with van der Waals surface area (Å²) in [6.45, 7) is 4.22. The molecule has 2 nitrogen and oxygen atoms in total. The van der Waals surface area contributed by atoms with Gasteiger partial charge in [0.1, 0.15) is 5.15 Å². The first kappa shape index (κ1) is 11.3. The van der Waals surface area contributed by atoms with Gasteiger partial charge >= 0.3 is 0 Å². The van der Waals surface area contributed by atoms with Crippen molar-refractivity contribution in [2.45, 2.75) is 19.3 Å². The third kappa shape index (κ3) is 2.36. The highest BCUT2D eigenvalue weighted by Gasteiger charge is 2.26. The average Bonchev–Trinajstić information content (AvgIpc) is 2.47. The molecule has 1 heterocycles. The van der Waals surface area contributed by atoms with Gasteiger partial charge in [-0.1, -0.05) is 52.7 Å². The number of methoxy groups -OCH3 is 1. The minimum atomic E-state index is 0.00549. The molecule has 0 atom stereocenters. The van der Waals surface area contributed by atoms with Crippen LogP contribution in [0.2, 0.25) is 5.15 Å². The second-order valence-corrected chi connectivity index (χ2v) is 5.20. The maximum atomic E-state index is 5.99. The van der Waals surface area contributed by atoms with Gasteiger partial charge in [0, 0.05) is 10.7 Å². The van der Waals surface area contributed by atoms with Gasteiger partial charge in [-0.05, 0) is 0 Å². The number of thiazole rings is 1. The van der Waals surface area contributed by atoms with Gasteiger partial charge in [0.05, 0.1) is 12.0 Å². The van der Waals surface area contributed by atoms with E-state index in [0.29, 0.717) is 10.3 Å². The van der Waals surface area contributed by atoms with Crippen LogP contribution in [0.3, 0.4) is 0 Å². The van der Waals surface area contributed by atoms with Crippen molar-refractivity contribution in [1.82, 2.24) is 4.98 Å². The standard InChI is InChI=1S/C8H11BrClNOS/c1-8(2,4-9)5-6(10)11-7(12-3)13-5/h4H2,1-3H3. The molecule has 0 N–H and O–H groups in total. The summed E-state index contributed by atoms with van der Waals surface area (Å²) >= 11 is 10.9. The number of alkyl halides is 1. The number of nitrogens with zero attached hydrogens (tertiary/aromatic N) is 1. The zero-order valence-electron chi connectivity index (χ0n) is 7.73. The number of halogens is 2. The van der Waals surface area contributed by atoms with Gasteiger partial charge in [-0.15, -0.1) is 0 Å². The van der Waals surface area contributed by atoms with E-state index in [4.69, 9.17) is 16.3 Å². The van der Waals surface area contributed by atoms with Gasteiger partial charge in [-0.3, -0.25) is 0 Å². The predicted octanol–water partition coefficient (Wildman–Crippen LogP) is 3.48. The molecule has 1 aromatic rings. The molecule has 0 aliphatic rings. The summed E-state index contributed by atoms with van der Waals surface area (Å²) in [6, 6.07) is 0. The van der Waals surface area contributed by atoms with E-state index in [2.05, 4.69) is 34.8 Å². The van der Waals surface area contributed by atoms with Crippen molar-refractivity contribution >= 4 is 38.9 Å². The van der Waals surface area contributed by atoms with Crippen LogP contribution in [0.5, 0.6) is 5.19 Å². The molecule has 0 aliphatic heterocycles. The molecule has 0 unspecified atom stereocenters. The van der Waals surface area contributed by atoms with E-state index >= 15 is 0 Å². The molecule has 0 spiro atoms. The summed E-state index contributed by atoms with van der Waals surface area (Å²) in [4.78, 5) is 5.14. The zero-order chi connectivity index (χ0) is 10.1. The lowest BCUT2D eigenvalue weighted by atomic mass is 9.95. The summed E-state index contributed by atoms with van der Waals surface area (Å²) in [5.74, 6) is 0. The third-order valence-electron chi connectivity index (χ3n) is 1.69. The smallest absolute Gasteiger partial charge is 0.274 e. The second kappa shape index (κ2) is 4.15. The van der Waals surface area contributed by atoms with E-state index in [-0.39, 0.29) is 5.41 Å². The first-order valence-corrected chi connectivity index (χ1v) is 6.09. The maximum Gasteiger partial charge on any atom is 0.274 e. The Morgan fingerprint density at radius 1 is 1.62 bits per heavy atom. The lowest BCUT2D eigenvalue weighted by Crippen LogP contribution is -2.17. The number of hydrogen-bond acceptors (Lipinski definition) is 3. The molecular weight excluding hydrogens is 274 g/mol. The lowest BCUT2D eigenvalue weighted by Gasteiger charge is -2.19. The SMILES string of the molecule is COc1nc(Cl)c(C(C)(C)CBr)s1. The van der Waals surface area contributed by atoms with Crippen LogP contribution in [0.15, 0.2) is 0 Å². The van der Waals surface area contributed by atoms with Gasteiger partial charge in [-0.25, -0.2) is 0 Å². The number of aromatic nitrogens is 1. The normalized spacial score (nSPS) is 11.8. The fraction of sp³-hybridized carbons (Fsp3) is 0.625. The molecule has 0 fully saturated rings. The molecule has 0 bridgehead atoms. The Labute approximate surface area is 95.4 Å². The molecule has 13 heavy (non-hydrogen) atoms. The van der Waals surface area contributed by atoms with Crippen LogP contribution in [-0.4, -0.2) is 17.4 Å². The van der Waals surface area contributed by atoms with Crippen molar-refractivity contribution in [1.29, 1.82) is 0 Å². The molecule has 0 aromatic carbocycles. The topological polar surface area (TPSA) is 22.1 Å². The molecule has 0 amide bonds. The Kier molecular flexibility index (Phi) is 3.60. The Morgan fingerprint density at radius 3 is 2.62 bits per heavy atom. The van der Waals surface area contributed by atoms with E-state index in [1.54, 1.807) is 7.11 Å². The van der Waals surface area contributed by atoms with Crippen LogP contribution < -0.4 is 4.74 Å². The summed E-state index contributed by atoms with van der Waals surface area (Å²) in [7, 11) is 1.60. The van der Waals surface area contributed by atoms with Gasteiger partial charge in [-0.2, -0.15) is 4.98 Å². The van der Waals surface area contributed by atoms with Gasteiger partial charge < -0.3 is 4.74 Å². The van der Waals surface area contributed by atoms with Crippen LogP contribution in [0.1, 0.15) is 18.7 Å². The van der Waals surface area contributed by atoms with Crippen LogP contribution in [0.25, 0.3) is 0 Å². The van der Waals surface area contributed by atoms with E-state index < -0.39 is 0 Å². The largest absolute Gasteiger partial charge is 0.473 e. The van der Waals surface area contributed by atoms with Gasteiger partial charge in [0.25, 0.3) is 5.19 Å². The van der Waals surface area contributed by atoms with E-state index in [0.717, 1.165) is 10.2 Å². The highest BCUT2D eigenvalue weighted by molar-refractivity contribution is 9.09. The van der Waals surface area contributed by atoms with Crippen molar-refractivity contribution < 1.29 is 4.74 Å². The molecule has 0 saturated carbocycles. The number of ether oxygens (including phenoxy) is 1. The van der Waals surface area contributed by atoms with Crippen LogP contribution in [-0.2, 0) is 5.41 Å². The average molecular weight is 285 g/mol. The van der Waals surface area contributed by atoms with Gasteiger partial charge in [0.15, 0.2) is 0 Å². The van der Waals surface area contributed by atoms with E-state index in [9.17, 15) is 0 Å². The van der Waals surface area contributed by atoms with Crippen LogP contribution >= 0.6 is 38.9 Å². The molecular formula is C8H11BrClNOS.